The Labute approximate surface area is 104 Å². The SMILES string of the molecule is COc1ccccc1-c1noc(C2CC2C#N)n1. The Morgan fingerprint density at radius 2 is 2.28 bits per heavy atom. The summed E-state index contributed by atoms with van der Waals surface area (Å²) in [6, 6.07) is 9.71. The molecule has 1 aromatic carbocycles. The van der Waals surface area contributed by atoms with Crippen LogP contribution in [0.2, 0.25) is 0 Å². The smallest absolute Gasteiger partial charge is 0.231 e. The fraction of sp³-hybridized carbons (Fsp3) is 0.308. The first-order valence-electron chi connectivity index (χ1n) is 5.70. The molecule has 0 N–H and O–H groups in total. The van der Waals surface area contributed by atoms with E-state index in [0.29, 0.717) is 17.5 Å². The summed E-state index contributed by atoms with van der Waals surface area (Å²) in [5, 5.41) is 12.7. The number of methoxy groups -OCH3 is 1. The highest BCUT2D eigenvalue weighted by Gasteiger charge is 2.43. The Bertz CT molecular complexity index is 615. The van der Waals surface area contributed by atoms with Gasteiger partial charge in [-0.05, 0) is 18.6 Å². The van der Waals surface area contributed by atoms with Crippen LogP contribution in [0, 0.1) is 17.2 Å². The number of ether oxygens (including phenoxy) is 1. The maximum absolute atomic E-state index is 8.78. The highest BCUT2D eigenvalue weighted by Crippen LogP contribution is 2.46. The van der Waals surface area contributed by atoms with E-state index >= 15 is 0 Å². The van der Waals surface area contributed by atoms with Crippen molar-refractivity contribution >= 4 is 0 Å². The van der Waals surface area contributed by atoms with E-state index in [-0.39, 0.29) is 11.8 Å². The van der Waals surface area contributed by atoms with Gasteiger partial charge in [-0.1, -0.05) is 17.3 Å². The Hall–Kier alpha value is -2.35. The third-order valence-electron chi connectivity index (χ3n) is 3.06. The molecule has 2 unspecified atom stereocenters. The van der Waals surface area contributed by atoms with Crippen LogP contribution in [0.4, 0.5) is 0 Å². The zero-order valence-electron chi connectivity index (χ0n) is 9.83. The lowest BCUT2D eigenvalue weighted by molar-refractivity contribution is 0.377. The van der Waals surface area contributed by atoms with Gasteiger partial charge in [-0.2, -0.15) is 10.2 Å². The van der Waals surface area contributed by atoms with Gasteiger partial charge in [0.2, 0.25) is 11.7 Å². The lowest BCUT2D eigenvalue weighted by Gasteiger charge is -2.02. The molecule has 1 fully saturated rings. The quantitative estimate of drug-likeness (QED) is 0.824. The van der Waals surface area contributed by atoms with Crippen LogP contribution in [0.5, 0.6) is 5.75 Å². The Morgan fingerprint density at radius 3 is 3.00 bits per heavy atom. The van der Waals surface area contributed by atoms with E-state index in [1.165, 1.54) is 0 Å². The summed E-state index contributed by atoms with van der Waals surface area (Å²) < 4.78 is 10.5. The molecule has 1 aromatic heterocycles. The molecular weight excluding hydrogens is 230 g/mol. The number of nitriles is 1. The largest absolute Gasteiger partial charge is 0.496 e. The van der Waals surface area contributed by atoms with Crippen LogP contribution in [0.15, 0.2) is 28.8 Å². The van der Waals surface area contributed by atoms with Gasteiger partial charge in [-0.25, -0.2) is 0 Å². The van der Waals surface area contributed by atoms with E-state index in [2.05, 4.69) is 16.2 Å². The number of rotatable bonds is 3. The van der Waals surface area contributed by atoms with Crippen LogP contribution < -0.4 is 4.74 Å². The monoisotopic (exact) mass is 241 g/mol. The van der Waals surface area contributed by atoms with Crippen LogP contribution in [-0.2, 0) is 0 Å². The second-order valence-corrected chi connectivity index (χ2v) is 4.23. The summed E-state index contributed by atoms with van der Waals surface area (Å²) in [7, 11) is 1.60. The number of para-hydroxylation sites is 1. The molecule has 0 aliphatic heterocycles. The third kappa shape index (κ3) is 1.72. The van der Waals surface area contributed by atoms with Crippen LogP contribution in [-0.4, -0.2) is 17.3 Å². The van der Waals surface area contributed by atoms with E-state index in [1.54, 1.807) is 7.11 Å². The van der Waals surface area contributed by atoms with Crippen LogP contribution >= 0.6 is 0 Å². The van der Waals surface area contributed by atoms with Gasteiger partial charge in [0.25, 0.3) is 0 Å². The molecule has 2 aromatic rings. The average molecular weight is 241 g/mol. The van der Waals surface area contributed by atoms with Crippen molar-refractivity contribution in [1.29, 1.82) is 5.26 Å². The van der Waals surface area contributed by atoms with Crippen LogP contribution in [0.3, 0.4) is 0 Å². The molecule has 1 aliphatic rings. The van der Waals surface area contributed by atoms with E-state index in [0.717, 1.165) is 12.0 Å². The maximum Gasteiger partial charge on any atom is 0.231 e. The number of hydrogen-bond donors (Lipinski definition) is 0. The molecule has 1 aliphatic carbocycles. The van der Waals surface area contributed by atoms with Gasteiger partial charge in [-0.3, -0.25) is 0 Å². The van der Waals surface area contributed by atoms with Crippen molar-refractivity contribution in [3.8, 4) is 23.2 Å². The van der Waals surface area contributed by atoms with Crippen molar-refractivity contribution in [2.24, 2.45) is 5.92 Å². The molecule has 0 radical (unpaired) electrons. The summed E-state index contributed by atoms with van der Waals surface area (Å²) in [5.41, 5.74) is 0.796. The Balaban J connectivity index is 1.92. The summed E-state index contributed by atoms with van der Waals surface area (Å²) >= 11 is 0. The summed E-state index contributed by atoms with van der Waals surface area (Å²) in [5.74, 6) is 1.88. The van der Waals surface area contributed by atoms with Crippen molar-refractivity contribution in [2.75, 3.05) is 7.11 Å². The fourth-order valence-corrected chi connectivity index (χ4v) is 1.94. The second-order valence-electron chi connectivity index (χ2n) is 4.23. The van der Waals surface area contributed by atoms with Gasteiger partial charge in [-0.15, -0.1) is 0 Å². The molecule has 5 nitrogen and oxygen atoms in total. The molecule has 0 saturated heterocycles. The van der Waals surface area contributed by atoms with Gasteiger partial charge >= 0.3 is 0 Å². The number of benzene rings is 1. The molecule has 5 heteroatoms. The van der Waals surface area contributed by atoms with Crippen molar-refractivity contribution in [3.63, 3.8) is 0 Å². The minimum atomic E-state index is 0.0240. The average Bonchev–Trinajstić information content (AvgIpc) is 3.06. The van der Waals surface area contributed by atoms with E-state index in [4.69, 9.17) is 14.5 Å². The minimum absolute atomic E-state index is 0.0240. The highest BCUT2D eigenvalue weighted by atomic mass is 16.5. The minimum Gasteiger partial charge on any atom is -0.496 e. The van der Waals surface area contributed by atoms with Crippen LogP contribution in [0.1, 0.15) is 18.2 Å². The summed E-state index contributed by atoms with van der Waals surface area (Å²) in [6.07, 6.45) is 0.810. The van der Waals surface area contributed by atoms with Crippen molar-refractivity contribution in [1.82, 2.24) is 10.1 Å². The standard InChI is InChI=1S/C13H11N3O2/c1-17-11-5-3-2-4-9(11)12-15-13(18-16-12)10-6-8(10)7-14/h2-5,8,10H,6H2,1H3. The maximum atomic E-state index is 8.78. The predicted octanol–water partition coefficient (Wildman–Crippen LogP) is 2.37. The molecule has 0 amide bonds. The normalized spacial score (nSPS) is 21.3. The third-order valence-corrected chi connectivity index (χ3v) is 3.06. The molecule has 1 saturated carbocycles. The molecule has 0 bridgehead atoms. The van der Waals surface area contributed by atoms with E-state index in [9.17, 15) is 0 Å². The van der Waals surface area contributed by atoms with E-state index in [1.807, 2.05) is 24.3 Å². The molecule has 0 spiro atoms. The zero-order chi connectivity index (χ0) is 12.5. The van der Waals surface area contributed by atoms with Crippen molar-refractivity contribution < 1.29 is 9.26 Å². The van der Waals surface area contributed by atoms with Crippen LogP contribution in [0.25, 0.3) is 11.4 Å². The first-order chi connectivity index (χ1) is 8.83. The second kappa shape index (κ2) is 4.15. The number of nitrogens with zero attached hydrogens (tertiary/aromatic N) is 3. The number of aromatic nitrogens is 2. The van der Waals surface area contributed by atoms with E-state index < -0.39 is 0 Å². The first-order valence-corrected chi connectivity index (χ1v) is 5.70. The van der Waals surface area contributed by atoms with Gasteiger partial charge in [0.15, 0.2) is 0 Å². The van der Waals surface area contributed by atoms with Crippen molar-refractivity contribution in [2.45, 2.75) is 12.3 Å². The number of hydrogen-bond acceptors (Lipinski definition) is 5. The Kier molecular flexibility index (Phi) is 2.49. The molecule has 90 valence electrons. The predicted molar refractivity (Wildman–Crippen MR) is 62.7 cm³/mol. The molecule has 3 rings (SSSR count). The summed E-state index contributed by atoms with van der Waals surface area (Å²) in [6.45, 7) is 0. The van der Waals surface area contributed by atoms with Gasteiger partial charge < -0.3 is 9.26 Å². The lowest BCUT2D eigenvalue weighted by Crippen LogP contribution is -1.89. The molecule has 1 heterocycles. The van der Waals surface area contributed by atoms with Gasteiger partial charge in [0, 0.05) is 0 Å². The van der Waals surface area contributed by atoms with Gasteiger partial charge in [0.05, 0.1) is 30.6 Å². The molecule has 18 heavy (non-hydrogen) atoms. The first kappa shape index (κ1) is 10.8. The summed E-state index contributed by atoms with van der Waals surface area (Å²) in [4.78, 5) is 4.34. The highest BCUT2D eigenvalue weighted by molar-refractivity contribution is 5.63. The Morgan fingerprint density at radius 1 is 1.44 bits per heavy atom. The van der Waals surface area contributed by atoms with Gasteiger partial charge in [0.1, 0.15) is 5.75 Å². The molecule has 2 atom stereocenters. The zero-order valence-corrected chi connectivity index (χ0v) is 9.83. The lowest BCUT2D eigenvalue weighted by atomic mass is 10.2. The topological polar surface area (TPSA) is 71.9 Å². The molecular formula is C13H11N3O2. The fourth-order valence-electron chi connectivity index (χ4n) is 1.94. The van der Waals surface area contributed by atoms with Crippen molar-refractivity contribution in [3.05, 3.63) is 30.2 Å².